The van der Waals surface area contributed by atoms with Crippen LogP contribution < -0.4 is 5.43 Å². The fourth-order valence-corrected chi connectivity index (χ4v) is 5.59. The van der Waals surface area contributed by atoms with Gasteiger partial charge in [-0.3, -0.25) is 15.0 Å². The Morgan fingerprint density at radius 3 is 2.77 bits per heavy atom. The second-order valence-electron chi connectivity index (χ2n) is 5.61. The van der Waals surface area contributed by atoms with Crippen LogP contribution in [0, 0.1) is 0 Å². The highest BCUT2D eigenvalue weighted by Crippen LogP contribution is 2.37. The van der Waals surface area contributed by atoms with Crippen LogP contribution in [-0.4, -0.2) is 33.3 Å². The first-order valence-electron chi connectivity index (χ1n) is 7.97. The minimum atomic E-state index is -0.203. The Morgan fingerprint density at radius 2 is 1.96 bits per heavy atom. The number of thioether (sulfide) groups is 2. The molecule has 26 heavy (non-hydrogen) atoms. The number of thiazole rings is 1. The zero-order chi connectivity index (χ0) is 17.9. The van der Waals surface area contributed by atoms with Gasteiger partial charge in [-0.05, 0) is 17.7 Å². The van der Waals surface area contributed by atoms with Crippen LogP contribution in [-0.2, 0) is 9.59 Å². The number of para-hydroxylation sites is 1. The van der Waals surface area contributed by atoms with Gasteiger partial charge in [0.2, 0.25) is 5.91 Å². The molecule has 0 bridgehead atoms. The Labute approximate surface area is 163 Å². The summed E-state index contributed by atoms with van der Waals surface area (Å²) >= 11 is 4.47. The van der Waals surface area contributed by atoms with Crippen LogP contribution in [0.15, 0.2) is 58.9 Å². The van der Waals surface area contributed by atoms with Crippen LogP contribution in [0.3, 0.4) is 0 Å². The molecule has 1 aliphatic heterocycles. The number of aromatic nitrogens is 1. The van der Waals surface area contributed by atoms with Crippen molar-refractivity contribution in [3.8, 4) is 0 Å². The molecule has 1 aromatic heterocycles. The third-order valence-electron chi connectivity index (χ3n) is 3.80. The summed E-state index contributed by atoms with van der Waals surface area (Å²) in [5, 5.41) is 1.27. The van der Waals surface area contributed by atoms with Gasteiger partial charge in [0.1, 0.15) is 5.37 Å². The number of hydrogen-bond donors (Lipinski definition) is 1. The lowest BCUT2D eigenvalue weighted by molar-refractivity contribution is -0.138. The van der Waals surface area contributed by atoms with Crippen LogP contribution in [0.5, 0.6) is 0 Å². The third kappa shape index (κ3) is 3.72. The van der Waals surface area contributed by atoms with Gasteiger partial charge < -0.3 is 0 Å². The summed E-state index contributed by atoms with van der Waals surface area (Å²) < 4.78 is 1.95. The van der Waals surface area contributed by atoms with E-state index in [0.717, 1.165) is 20.1 Å². The standard InChI is InChI=1S/C18H15N3O2S3/c22-15(10-25-18-19-13-8-4-5-9-14(13)26-18)20-21-16(23)11-24-17(21)12-6-2-1-3-7-12/h1-9,17H,10-11H2,(H,20,22). The van der Waals surface area contributed by atoms with Crippen molar-refractivity contribution in [1.82, 2.24) is 15.4 Å². The molecule has 1 fully saturated rings. The van der Waals surface area contributed by atoms with E-state index in [2.05, 4.69) is 10.4 Å². The van der Waals surface area contributed by atoms with E-state index in [4.69, 9.17) is 0 Å². The van der Waals surface area contributed by atoms with Gasteiger partial charge in [0.25, 0.3) is 5.91 Å². The van der Waals surface area contributed by atoms with Crippen LogP contribution in [0.1, 0.15) is 10.9 Å². The molecule has 1 N–H and O–H groups in total. The fraction of sp³-hybridized carbons (Fsp3) is 0.167. The van der Waals surface area contributed by atoms with Crippen LogP contribution in [0.2, 0.25) is 0 Å². The molecule has 2 amide bonds. The van der Waals surface area contributed by atoms with Crippen molar-refractivity contribution in [2.24, 2.45) is 0 Å². The van der Waals surface area contributed by atoms with Gasteiger partial charge in [-0.1, -0.05) is 54.2 Å². The van der Waals surface area contributed by atoms with Crippen molar-refractivity contribution in [3.63, 3.8) is 0 Å². The number of fused-ring (bicyclic) bond motifs is 1. The van der Waals surface area contributed by atoms with Crippen LogP contribution >= 0.6 is 34.9 Å². The Balaban J connectivity index is 1.39. The van der Waals surface area contributed by atoms with Gasteiger partial charge in [0.15, 0.2) is 4.34 Å². The zero-order valence-corrected chi connectivity index (χ0v) is 16.1. The SMILES string of the molecule is O=C(CSc1nc2ccccc2s1)NN1C(=O)CSC1c1ccccc1. The molecule has 2 heterocycles. The Bertz CT molecular complexity index is 912. The van der Waals surface area contributed by atoms with Gasteiger partial charge in [-0.15, -0.1) is 23.1 Å². The van der Waals surface area contributed by atoms with E-state index in [1.807, 2.05) is 54.6 Å². The first-order valence-corrected chi connectivity index (χ1v) is 10.8. The van der Waals surface area contributed by atoms with Crippen molar-refractivity contribution < 1.29 is 9.59 Å². The molecule has 3 aromatic rings. The average Bonchev–Trinajstić information content (AvgIpc) is 3.24. The van der Waals surface area contributed by atoms with E-state index in [1.165, 1.54) is 28.5 Å². The van der Waals surface area contributed by atoms with Crippen molar-refractivity contribution >= 4 is 56.9 Å². The predicted molar refractivity (Wildman–Crippen MR) is 107 cm³/mol. The molecule has 0 spiro atoms. The monoisotopic (exact) mass is 401 g/mol. The molecule has 132 valence electrons. The minimum absolute atomic E-state index is 0.0813. The van der Waals surface area contributed by atoms with E-state index >= 15 is 0 Å². The highest BCUT2D eigenvalue weighted by Gasteiger charge is 2.34. The summed E-state index contributed by atoms with van der Waals surface area (Å²) in [5.74, 6) is 0.300. The summed E-state index contributed by atoms with van der Waals surface area (Å²) in [6, 6.07) is 17.6. The van der Waals surface area contributed by atoms with E-state index in [1.54, 1.807) is 11.3 Å². The highest BCUT2D eigenvalue weighted by atomic mass is 32.2. The molecule has 1 unspecified atom stereocenters. The Kier molecular flexibility index (Phi) is 5.14. The second kappa shape index (κ2) is 7.69. The summed E-state index contributed by atoms with van der Waals surface area (Å²) in [4.78, 5) is 29.0. The number of rotatable bonds is 5. The van der Waals surface area contributed by atoms with Gasteiger partial charge in [0.05, 0.1) is 21.7 Å². The van der Waals surface area contributed by atoms with Crippen LogP contribution in [0.4, 0.5) is 0 Å². The maximum Gasteiger partial charge on any atom is 0.252 e. The first-order chi connectivity index (χ1) is 12.7. The van der Waals surface area contributed by atoms with E-state index < -0.39 is 0 Å². The quantitative estimate of drug-likeness (QED) is 0.661. The van der Waals surface area contributed by atoms with Gasteiger partial charge >= 0.3 is 0 Å². The number of nitrogens with one attached hydrogen (secondary N) is 1. The number of hydrogen-bond acceptors (Lipinski definition) is 6. The lowest BCUT2D eigenvalue weighted by atomic mass is 10.2. The molecule has 8 heteroatoms. The molecule has 0 saturated carbocycles. The summed E-state index contributed by atoms with van der Waals surface area (Å²) in [5.41, 5.74) is 4.70. The number of hydrazine groups is 1. The normalized spacial score (nSPS) is 17.0. The van der Waals surface area contributed by atoms with Gasteiger partial charge in [-0.2, -0.15) is 0 Å². The van der Waals surface area contributed by atoms with Gasteiger partial charge in [-0.25, -0.2) is 9.99 Å². The number of carbonyl (C=O) groups is 2. The summed E-state index contributed by atoms with van der Waals surface area (Å²) in [6.45, 7) is 0. The molecule has 0 radical (unpaired) electrons. The maximum atomic E-state index is 12.4. The summed E-state index contributed by atoms with van der Waals surface area (Å²) in [7, 11) is 0. The number of benzene rings is 2. The number of nitrogens with zero attached hydrogens (tertiary/aromatic N) is 2. The van der Waals surface area contributed by atoms with Crippen molar-refractivity contribution in [3.05, 3.63) is 60.2 Å². The number of amides is 2. The lowest BCUT2D eigenvalue weighted by Crippen LogP contribution is -2.45. The van der Waals surface area contributed by atoms with E-state index in [9.17, 15) is 9.59 Å². The van der Waals surface area contributed by atoms with Crippen molar-refractivity contribution in [2.75, 3.05) is 11.5 Å². The van der Waals surface area contributed by atoms with Crippen molar-refractivity contribution in [1.29, 1.82) is 0 Å². The molecule has 5 nitrogen and oxygen atoms in total. The predicted octanol–water partition coefficient (Wildman–Crippen LogP) is 3.69. The molecule has 4 rings (SSSR count). The molecular weight excluding hydrogens is 386 g/mol. The molecule has 2 aromatic carbocycles. The maximum absolute atomic E-state index is 12.4. The molecular formula is C18H15N3O2S3. The number of carbonyl (C=O) groups excluding carboxylic acids is 2. The molecule has 0 aliphatic carbocycles. The first kappa shape index (κ1) is 17.4. The van der Waals surface area contributed by atoms with E-state index in [-0.39, 0.29) is 22.9 Å². The fourth-order valence-electron chi connectivity index (χ4n) is 2.62. The Hall–Kier alpha value is -2.03. The smallest absolute Gasteiger partial charge is 0.252 e. The molecule has 1 aliphatic rings. The minimum Gasteiger partial charge on any atom is -0.272 e. The third-order valence-corrected chi connectivity index (χ3v) is 7.19. The average molecular weight is 402 g/mol. The van der Waals surface area contributed by atoms with Crippen molar-refractivity contribution in [2.45, 2.75) is 9.71 Å². The van der Waals surface area contributed by atoms with Gasteiger partial charge in [0, 0.05) is 0 Å². The molecule has 1 atom stereocenters. The Morgan fingerprint density at radius 1 is 1.19 bits per heavy atom. The summed E-state index contributed by atoms with van der Waals surface area (Å²) in [6.07, 6.45) is 0. The topological polar surface area (TPSA) is 62.3 Å². The largest absolute Gasteiger partial charge is 0.272 e. The molecule has 1 saturated heterocycles. The zero-order valence-electron chi connectivity index (χ0n) is 13.6. The second-order valence-corrected chi connectivity index (χ2v) is 8.93. The lowest BCUT2D eigenvalue weighted by Gasteiger charge is -2.24. The van der Waals surface area contributed by atoms with Crippen LogP contribution in [0.25, 0.3) is 10.2 Å². The highest BCUT2D eigenvalue weighted by molar-refractivity contribution is 8.01. The van der Waals surface area contributed by atoms with E-state index in [0.29, 0.717) is 5.75 Å².